The lowest BCUT2D eigenvalue weighted by molar-refractivity contribution is -0.134. The van der Waals surface area contributed by atoms with Gasteiger partial charge in [-0.2, -0.15) is 0 Å². The van der Waals surface area contributed by atoms with Gasteiger partial charge in [-0.3, -0.25) is 9.59 Å². The van der Waals surface area contributed by atoms with Gasteiger partial charge in [0.05, 0.1) is 19.1 Å². The van der Waals surface area contributed by atoms with E-state index in [9.17, 15) is 9.59 Å². The number of likely N-dealkylation sites (N-methyl/N-ethyl adjacent to an activating group) is 1. The molecular weight excluding hydrogens is 364 g/mol. The summed E-state index contributed by atoms with van der Waals surface area (Å²) in [4.78, 5) is 30.6. The first-order valence-corrected chi connectivity index (χ1v) is 10.4. The van der Waals surface area contributed by atoms with Crippen LogP contribution >= 0.6 is 0 Å². The van der Waals surface area contributed by atoms with Gasteiger partial charge in [0.1, 0.15) is 5.75 Å². The quantitative estimate of drug-likeness (QED) is 0.793. The number of hydrogen-bond donors (Lipinski definition) is 0. The van der Waals surface area contributed by atoms with E-state index in [1.807, 2.05) is 53.4 Å². The highest BCUT2D eigenvalue weighted by Gasteiger charge is 2.43. The number of amides is 2. The second-order valence-electron chi connectivity index (χ2n) is 7.94. The predicted molar refractivity (Wildman–Crippen MR) is 112 cm³/mol. The van der Waals surface area contributed by atoms with Gasteiger partial charge in [0.25, 0.3) is 5.91 Å². The van der Waals surface area contributed by atoms with Gasteiger partial charge in [-0.1, -0.05) is 43.2 Å². The number of rotatable bonds is 3. The molecule has 0 unspecified atom stereocenters. The van der Waals surface area contributed by atoms with Crippen LogP contribution in [0.5, 0.6) is 5.75 Å². The zero-order valence-electron chi connectivity index (χ0n) is 17.1. The second kappa shape index (κ2) is 8.27. The van der Waals surface area contributed by atoms with Crippen LogP contribution in [0.25, 0.3) is 0 Å². The van der Waals surface area contributed by atoms with Gasteiger partial charge in [-0.25, -0.2) is 0 Å². The fraction of sp³-hybridized carbons (Fsp3) is 0.417. The Morgan fingerprint density at radius 2 is 1.62 bits per heavy atom. The van der Waals surface area contributed by atoms with Gasteiger partial charge in [0, 0.05) is 25.7 Å². The Morgan fingerprint density at radius 3 is 2.28 bits per heavy atom. The standard InChI is InChI=1S/C24H28N2O3/c1-25-22(17-11-13-18(29-2)14-12-17)21(19-9-5-6-10-20(19)23(25)27)24(28)26-15-7-3-4-8-16-26/h5-6,9-14,21-22H,3-4,7-8,15-16H2,1-2H3/t21-,22-/m0/s1. The fourth-order valence-corrected chi connectivity index (χ4v) is 4.65. The van der Waals surface area contributed by atoms with E-state index >= 15 is 0 Å². The topological polar surface area (TPSA) is 49.9 Å². The molecule has 0 spiro atoms. The van der Waals surface area contributed by atoms with Gasteiger partial charge in [-0.15, -0.1) is 0 Å². The minimum absolute atomic E-state index is 0.0404. The van der Waals surface area contributed by atoms with Crippen molar-refractivity contribution in [3.8, 4) is 5.75 Å². The number of likely N-dealkylation sites (tertiary alicyclic amines) is 1. The van der Waals surface area contributed by atoms with Crippen LogP contribution in [0, 0.1) is 0 Å². The number of methoxy groups -OCH3 is 1. The highest BCUT2D eigenvalue weighted by atomic mass is 16.5. The summed E-state index contributed by atoms with van der Waals surface area (Å²) in [5.41, 5.74) is 2.42. The van der Waals surface area contributed by atoms with Crippen LogP contribution in [-0.4, -0.2) is 48.9 Å². The van der Waals surface area contributed by atoms with Gasteiger partial charge in [-0.05, 0) is 42.2 Å². The molecule has 2 aromatic carbocycles. The average molecular weight is 392 g/mol. The van der Waals surface area contributed by atoms with Crippen molar-refractivity contribution in [3.05, 3.63) is 65.2 Å². The van der Waals surface area contributed by atoms with Crippen LogP contribution in [0.2, 0.25) is 0 Å². The Hall–Kier alpha value is -2.82. The van der Waals surface area contributed by atoms with Crippen molar-refractivity contribution >= 4 is 11.8 Å². The van der Waals surface area contributed by atoms with Crippen LogP contribution in [0.1, 0.15) is 59.1 Å². The number of hydrogen-bond acceptors (Lipinski definition) is 3. The Kier molecular flexibility index (Phi) is 5.56. The van der Waals surface area contributed by atoms with E-state index in [4.69, 9.17) is 4.74 Å². The number of benzene rings is 2. The Bertz CT molecular complexity index is 885. The summed E-state index contributed by atoms with van der Waals surface area (Å²) < 4.78 is 5.29. The van der Waals surface area contributed by atoms with Crippen LogP contribution in [-0.2, 0) is 4.79 Å². The predicted octanol–water partition coefficient (Wildman–Crippen LogP) is 4.01. The van der Waals surface area contributed by atoms with E-state index in [0.717, 1.165) is 42.8 Å². The highest BCUT2D eigenvalue weighted by molar-refractivity contribution is 6.01. The van der Waals surface area contributed by atoms with Crippen LogP contribution in [0.4, 0.5) is 0 Å². The van der Waals surface area contributed by atoms with Crippen molar-refractivity contribution in [1.82, 2.24) is 9.80 Å². The van der Waals surface area contributed by atoms with Crippen molar-refractivity contribution in [1.29, 1.82) is 0 Å². The van der Waals surface area contributed by atoms with Crippen molar-refractivity contribution in [3.63, 3.8) is 0 Å². The third-order valence-electron chi connectivity index (χ3n) is 6.22. The molecule has 2 amide bonds. The molecule has 0 saturated carbocycles. The summed E-state index contributed by atoms with van der Waals surface area (Å²) in [5.74, 6) is 0.440. The van der Waals surface area contributed by atoms with Gasteiger partial charge < -0.3 is 14.5 Å². The van der Waals surface area contributed by atoms with Crippen LogP contribution in [0.15, 0.2) is 48.5 Å². The molecular formula is C24H28N2O3. The second-order valence-corrected chi connectivity index (χ2v) is 7.94. The molecule has 5 heteroatoms. The molecule has 2 aliphatic rings. The zero-order chi connectivity index (χ0) is 20.4. The molecule has 1 fully saturated rings. The summed E-state index contributed by atoms with van der Waals surface area (Å²) in [5, 5.41) is 0. The van der Waals surface area contributed by atoms with Crippen LogP contribution < -0.4 is 4.74 Å². The summed E-state index contributed by atoms with van der Waals surface area (Å²) >= 11 is 0. The maximum absolute atomic E-state index is 13.8. The first kappa shape index (κ1) is 19.5. The molecule has 1 saturated heterocycles. The Labute approximate surface area is 172 Å². The van der Waals surface area contributed by atoms with E-state index in [2.05, 4.69) is 0 Å². The number of ether oxygens (including phenoxy) is 1. The molecule has 2 atom stereocenters. The van der Waals surface area contributed by atoms with E-state index < -0.39 is 5.92 Å². The summed E-state index contributed by atoms with van der Waals surface area (Å²) in [7, 11) is 3.43. The number of carbonyl (C=O) groups excluding carboxylic acids is 2. The molecule has 152 valence electrons. The van der Waals surface area contributed by atoms with E-state index in [1.54, 1.807) is 19.1 Å². The maximum atomic E-state index is 13.8. The number of carbonyl (C=O) groups is 2. The summed E-state index contributed by atoms with van der Waals surface area (Å²) in [6.45, 7) is 1.59. The monoisotopic (exact) mass is 392 g/mol. The molecule has 4 rings (SSSR count). The van der Waals surface area contributed by atoms with Crippen molar-refractivity contribution < 1.29 is 14.3 Å². The number of fused-ring (bicyclic) bond motifs is 1. The lowest BCUT2D eigenvalue weighted by Crippen LogP contribution is -2.47. The summed E-state index contributed by atoms with van der Waals surface area (Å²) in [6, 6.07) is 14.9. The van der Waals surface area contributed by atoms with E-state index in [-0.39, 0.29) is 17.9 Å². The van der Waals surface area contributed by atoms with Gasteiger partial charge in [0.2, 0.25) is 5.91 Å². The normalized spacial score (nSPS) is 22.1. The van der Waals surface area contributed by atoms with Gasteiger partial charge >= 0.3 is 0 Å². The number of nitrogens with zero attached hydrogens (tertiary/aromatic N) is 2. The minimum Gasteiger partial charge on any atom is -0.497 e. The SMILES string of the molecule is COc1ccc([C@H]2[C@@H](C(=O)N3CCCCCC3)c3ccccc3C(=O)N2C)cc1. The lowest BCUT2D eigenvalue weighted by Gasteiger charge is -2.41. The molecule has 2 heterocycles. The lowest BCUT2D eigenvalue weighted by atomic mass is 9.79. The molecule has 0 aromatic heterocycles. The molecule has 2 aromatic rings. The third-order valence-corrected chi connectivity index (χ3v) is 6.22. The molecule has 29 heavy (non-hydrogen) atoms. The van der Waals surface area contributed by atoms with Crippen LogP contribution in [0.3, 0.4) is 0 Å². The maximum Gasteiger partial charge on any atom is 0.254 e. The fourth-order valence-electron chi connectivity index (χ4n) is 4.65. The first-order chi connectivity index (χ1) is 14.1. The largest absolute Gasteiger partial charge is 0.497 e. The van der Waals surface area contributed by atoms with E-state index in [1.165, 1.54) is 12.8 Å². The highest BCUT2D eigenvalue weighted by Crippen LogP contribution is 2.43. The molecule has 0 bridgehead atoms. The molecule has 0 N–H and O–H groups in total. The van der Waals surface area contributed by atoms with Crippen molar-refractivity contribution in [2.24, 2.45) is 0 Å². The van der Waals surface area contributed by atoms with Crippen molar-refractivity contribution in [2.45, 2.75) is 37.6 Å². The Morgan fingerprint density at radius 1 is 0.966 bits per heavy atom. The summed E-state index contributed by atoms with van der Waals surface area (Å²) in [6.07, 6.45) is 4.43. The van der Waals surface area contributed by atoms with Gasteiger partial charge in [0.15, 0.2) is 0 Å². The minimum atomic E-state index is -0.402. The zero-order valence-corrected chi connectivity index (χ0v) is 17.1. The smallest absolute Gasteiger partial charge is 0.254 e. The average Bonchev–Trinajstić information content (AvgIpc) is 3.05. The first-order valence-electron chi connectivity index (χ1n) is 10.4. The molecule has 0 radical (unpaired) electrons. The molecule has 5 nitrogen and oxygen atoms in total. The molecule has 2 aliphatic heterocycles. The molecule has 0 aliphatic carbocycles. The van der Waals surface area contributed by atoms with Crippen molar-refractivity contribution in [2.75, 3.05) is 27.2 Å². The third kappa shape index (κ3) is 3.61. The Balaban J connectivity index is 1.79. The van der Waals surface area contributed by atoms with E-state index in [0.29, 0.717) is 5.56 Å².